The molecule has 3 amide bonds. The summed E-state index contributed by atoms with van der Waals surface area (Å²) in [5.74, 6) is -2.66. The first kappa shape index (κ1) is 15.1. The van der Waals surface area contributed by atoms with E-state index in [1.165, 1.54) is 25.3 Å². The number of carbonyl (C=O) groups excluding carboxylic acids is 2. The summed E-state index contributed by atoms with van der Waals surface area (Å²) < 4.78 is 27.0. The molecular formula is C16H13F2N3O2. The van der Waals surface area contributed by atoms with Crippen LogP contribution in [0.25, 0.3) is 0 Å². The minimum atomic E-state index is -1.33. The number of carbonyl (C=O) groups is 2. The van der Waals surface area contributed by atoms with Gasteiger partial charge < -0.3 is 5.32 Å². The van der Waals surface area contributed by atoms with Crippen molar-refractivity contribution in [3.8, 4) is 0 Å². The maximum atomic E-state index is 13.8. The fraction of sp³-hybridized carbons (Fsp3) is 0.188. The van der Waals surface area contributed by atoms with Gasteiger partial charge in [0.25, 0.3) is 5.91 Å². The third kappa shape index (κ3) is 2.44. The Kier molecular flexibility index (Phi) is 3.55. The molecule has 23 heavy (non-hydrogen) atoms. The molecular weight excluding hydrogens is 304 g/mol. The second-order valence-electron chi connectivity index (χ2n) is 5.37. The Morgan fingerprint density at radius 3 is 2.65 bits per heavy atom. The minimum Gasteiger partial charge on any atom is -0.318 e. The van der Waals surface area contributed by atoms with E-state index in [-0.39, 0.29) is 12.1 Å². The van der Waals surface area contributed by atoms with Crippen molar-refractivity contribution in [1.82, 2.24) is 15.2 Å². The number of amides is 3. The van der Waals surface area contributed by atoms with Gasteiger partial charge >= 0.3 is 6.03 Å². The van der Waals surface area contributed by atoms with Gasteiger partial charge in [-0.05, 0) is 25.1 Å². The van der Waals surface area contributed by atoms with Gasteiger partial charge in [0.15, 0.2) is 17.2 Å². The molecule has 2 heterocycles. The van der Waals surface area contributed by atoms with Crippen LogP contribution in [-0.4, -0.2) is 21.8 Å². The number of hydrogen-bond donors (Lipinski definition) is 1. The standard InChI is InChI=1S/C16H13F2N3O2/c1-16(12-7-2-3-8-19-12)14(22)21(15(23)20-16)9-10-5-4-6-11(17)13(10)18/h2-8H,9H2,1H3,(H,20,23)/t16-/m0/s1. The molecule has 5 nitrogen and oxygen atoms in total. The van der Waals surface area contributed by atoms with E-state index in [2.05, 4.69) is 10.3 Å². The average molecular weight is 317 g/mol. The first-order chi connectivity index (χ1) is 10.9. The van der Waals surface area contributed by atoms with Crippen LogP contribution in [0.2, 0.25) is 0 Å². The van der Waals surface area contributed by atoms with Crippen molar-refractivity contribution in [3.05, 3.63) is 65.5 Å². The zero-order valence-electron chi connectivity index (χ0n) is 12.2. The lowest BCUT2D eigenvalue weighted by Gasteiger charge is -2.21. The van der Waals surface area contributed by atoms with Gasteiger partial charge in [0.05, 0.1) is 12.2 Å². The summed E-state index contributed by atoms with van der Waals surface area (Å²) in [4.78, 5) is 29.7. The molecule has 1 N–H and O–H groups in total. The van der Waals surface area contributed by atoms with Crippen LogP contribution in [-0.2, 0) is 16.9 Å². The second kappa shape index (κ2) is 5.42. The Balaban J connectivity index is 1.92. The molecule has 3 rings (SSSR count). The number of nitrogens with one attached hydrogen (secondary N) is 1. The monoisotopic (exact) mass is 317 g/mol. The van der Waals surface area contributed by atoms with Gasteiger partial charge in [0.1, 0.15) is 0 Å². The van der Waals surface area contributed by atoms with Gasteiger partial charge in [0, 0.05) is 11.8 Å². The van der Waals surface area contributed by atoms with Crippen LogP contribution in [0, 0.1) is 11.6 Å². The molecule has 1 atom stereocenters. The lowest BCUT2D eigenvalue weighted by molar-refractivity contribution is -0.131. The summed E-state index contributed by atoms with van der Waals surface area (Å²) in [7, 11) is 0. The van der Waals surface area contributed by atoms with E-state index < -0.39 is 29.1 Å². The number of aromatic nitrogens is 1. The highest BCUT2D eigenvalue weighted by atomic mass is 19.2. The fourth-order valence-corrected chi connectivity index (χ4v) is 2.51. The normalized spacial score (nSPS) is 20.7. The minimum absolute atomic E-state index is 0.0706. The van der Waals surface area contributed by atoms with Crippen LogP contribution in [0.15, 0.2) is 42.6 Å². The molecule has 0 spiro atoms. The van der Waals surface area contributed by atoms with Crippen molar-refractivity contribution in [2.24, 2.45) is 0 Å². The maximum absolute atomic E-state index is 13.8. The topological polar surface area (TPSA) is 62.3 Å². The summed E-state index contributed by atoms with van der Waals surface area (Å²) in [5, 5.41) is 2.56. The zero-order chi connectivity index (χ0) is 16.6. The number of pyridine rings is 1. The number of urea groups is 1. The molecule has 0 aliphatic carbocycles. The lowest BCUT2D eigenvalue weighted by Crippen LogP contribution is -2.41. The Morgan fingerprint density at radius 1 is 1.17 bits per heavy atom. The molecule has 2 aromatic rings. The zero-order valence-corrected chi connectivity index (χ0v) is 12.2. The third-order valence-corrected chi connectivity index (χ3v) is 3.81. The number of nitrogens with zero attached hydrogens (tertiary/aromatic N) is 2. The summed E-state index contributed by atoms with van der Waals surface area (Å²) in [5.41, 5.74) is -1.03. The van der Waals surface area contributed by atoms with E-state index in [0.29, 0.717) is 5.69 Å². The maximum Gasteiger partial charge on any atom is 0.325 e. The van der Waals surface area contributed by atoms with E-state index >= 15 is 0 Å². The van der Waals surface area contributed by atoms with Crippen molar-refractivity contribution < 1.29 is 18.4 Å². The highest BCUT2D eigenvalue weighted by Gasteiger charge is 2.50. The third-order valence-electron chi connectivity index (χ3n) is 3.81. The summed E-state index contributed by atoms with van der Waals surface area (Å²) in [6.07, 6.45) is 1.51. The van der Waals surface area contributed by atoms with Gasteiger partial charge in [-0.3, -0.25) is 14.7 Å². The Bertz CT molecular complexity index is 782. The van der Waals surface area contributed by atoms with Crippen LogP contribution >= 0.6 is 0 Å². The number of halogens is 2. The number of rotatable bonds is 3. The van der Waals surface area contributed by atoms with Crippen LogP contribution in [0.1, 0.15) is 18.2 Å². The molecule has 1 aromatic carbocycles. The lowest BCUT2D eigenvalue weighted by atomic mass is 9.97. The molecule has 1 aliphatic rings. The summed E-state index contributed by atoms with van der Waals surface area (Å²) in [6.45, 7) is 1.17. The largest absolute Gasteiger partial charge is 0.325 e. The Labute approximate surface area is 130 Å². The molecule has 0 radical (unpaired) electrons. The van der Waals surface area contributed by atoms with E-state index in [0.717, 1.165) is 11.0 Å². The SMILES string of the molecule is C[C@@]1(c2ccccn2)NC(=O)N(Cc2cccc(F)c2F)C1=O. The van der Waals surface area contributed by atoms with Crippen LogP contribution in [0.3, 0.4) is 0 Å². The van der Waals surface area contributed by atoms with Crippen molar-refractivity contribution in [1.29, 1.82) is 0 Å². The Hall–Kier alpha value is -2.83. The van der Waals surface area contributed by atoms with E-state index in [1.807, 2.05) is 0 Å². The average Bonchev–Trinajstić information content (AvgIpc) is 2.77. The molecule has 1 aromatic heterocycles. The quantitative estimate of drug-likeness (QED) is 0.884. The summed E-state index contributed by atoms with van der Waals surface area (Å²) >= 11 is 0. The molecule has 118 valence electrons. The van der Waals surface area contributed by atoms with Crippen LogP contribution in [0.5, 0.6) is 0 Å². The highest BCUT2D eigenvalue weighted by molar-refractivity contribution is 6.06. The van der Waals surface area contributed by atoms with Crippen LogP contribution in [0.4, 0.5) is 13.6 Å². The molecule has 0 bridgehead atoms. The van der Waals surface area contributed by atoms with E-state index in [9.17, 15) is 18.4 Å². The van der Waals surface area contributed by atoms with Crippen molar-refractivity contribution in [2.45, 2.75) is 19.0 Å². The molecule has 7 heteroatoms. The van der Waals surface area contributed by atoms with Gasteiger partial charge in [-0.15, -0.1) is 0 Å². The predicted molar refractivity (Wildman–Crippen MR) is 77.0 cm³/mol. The van der Waals surface area contributed by atoms with Crippen molar-refractivity contribution in [3.63, 3.8) is 0 Å². The molecule has 1 saturated heterocycles. The van der Waals surface area contributed by atoms with Gasteiger partial charge in [-0.2, -0.15) is 0 Å². The van der Waals surface area contributed by atoms with Crippen LogP contribution < -0.4 is 5.32 Å². The smallest absolute Gasteiger partial charge is 0.318 e. The molecule has 1 fully saturated rings. The first-order valence-corrected chi connectivity index (χ1v) is 6.92. The second-order valence-corrected chi connectivity index (χ2v) is 5.37. The van der Waals surface area contributed by atoms with Crippen molar-refractivity contribution >= 4 is 11.9 Å². The van der Waals surface area contributed by atoms with Crippen molar-refractivity contribution in [2.75, 3.05) is 0 Å². The molecule has 1 aliphatic heterocycles. The highest BCUT2D eigenvalue weighted by Crippen LogP contribution is 2.28. The van der Waals surface area contributed by atoms with E-state index in [4.69, 9.17) is 0 Å². The Morgan fingerprint density at radius 2 is 1.96 bits per heavy atom. The molecule has 0 saturated carbocycles. The predicted octanol–water partition coefficient (Wildman–Crippen LogP) is 2.33. The van der Waals surface area contributed by atoms with Gasteiger partial charge in [0.2, 0.25) is 0 Å². The van der Waals surface area contributed by atoms with Gasteiger partial charge in [-0.1, -0.05) is 18.2 Å². The summed E-state index contributed by atoms with van der Waals surface area (Å²) in [6, 6.07) is 7.95. The first-order valence-electron chi connectivity index (χ1n) is 6.92. The molecule has 0 unspecified atom stereocenters. The van der Waals surface area contributed by atoms with E-state index in [1.54, 1.807) is 18.2 Å². The number of benzene rings is 1. The van der Waals surface area contributed by atoms with Gasteiger partial charge in [-0.25, -0.2) is 13.6 Å². The fourth-order valence-electron chi connectivity index (χ4n) is 2.51. The number of hydrogen-bond acceptors (Lipinski definition) is 3. The number of imide groups is 1.